The second-order valence-corrected chi connectivity index (χ2v) is 6.89. The van der Waals surface area contributed by atoms with E-state index in [1.807, 2.05) is 0 Å². The molecule has 0 spiro atoms. The summed E-state index contributed by atoms with van der Waals surface area (Å²) < 4.78 is 175. The minimum atomic E-state index is -8.11. The van der Waals surface area contributed by atoms with Crippen LogP contribution in [0.25, 0.3) is 0 Å². The summed E-state index contributed by atoms with van der Waals surface area (Å²) in [6, 6.07) is 2.75. The molecule has 0 radical (unpaired) electrons. The Bertz CT molecular complexity index is 911. The van der Waals surface area contributed by atoms with Gasteiger partial charge >= 0.3 is 47.7 Å². The van der Waals surface area contributed by atoms with Gasteiger partial charge in [0.05, 0.1) is 12.2 Å². The molecule has 0 saturated carbocycles. The van der Waals surface area contributed by atoms with Crippen LogP contribution in [0.2, 0.25) is 0 Å². The SMILES string of the molecule is CCCCOC(=O)c1ccc(NC(=O)C(F)(F)C(F)(F)C(F)(F)C(F)(F)C(F)(F)C(F)(F)F)cc1. The fourth-order valence-electron chi connectivity index (χ4n) is 2.20. The van der Waals surface area contributed by atoms with Gasteiger partial charge in [0.2, 0.25) is 0 Å². The number of alkyl halides is 13. The van der Waals surface area contributed by atoms with E-state index in [2.05, 4.69) is 0 Å². The molecule has 0 atom stereocenters. The molecule has 0 aromatic heterocycles. The van der Waals surface area contributed by atoms with Crippen molar-refractivity contribution in [3.8, 4) is 0 Å². The number of carbonyl (C=O) groups excluding carboxylic acids is 2. The lowest BCUT2D eigenvalue weighted by atomic mass is 9.93. The second kappa shape index (κ2) is 9.72. The molecule has 0 aliphatic carbocycles. The summed E-state index contributed by atoms with van der Waals surface area (Å²) in [7, 11) is 0. The van der Waals surface area contributed by atoms with E-state index in [0.717, 1.165) is 17.4 Å². The van der Waals surface area contributed by atoms with Crippen LogP contribution in [0.5, 0.6) is 0 Å². The topological polar surface area (TPSA) is 55.4 Å². The van der Waals surface area contributed by atoms with Gasteiger partial charge in [0, 0.05) is 5.69 Å². The number of halogens is 13. The molecule has 0 fully saturated rings. The summed E-state index contributed by atoms with van der Waals surface area (Å²) in [5.74, 6) is -43.1. The lowest BCUT2D eigenvalue weighted by Gasteiger charge is -2.39. The molecule has 0 bridgehead atoms. The molecule has 0 saturated heterocycles. The van der Waals surface area contributed by atoms with Crippen molar-refractivity contribution < 1.29 is 71.4 Å². The van der Waals surface area contributed by atoms with Crippen molar-refractivity contribution in [1.82, 2.24) is 0 Å². The van der Waals surface area contributed by atoms with Gasteiger partial charge in [-0.25, -0.2) is 4.79 Å². The van der Waals surface area contributed by atoms with Crippen LogP contribution in [0.4, 0.5) is 62.8 Å². The Hall–Kier alpha value is -2.75. The molecule has 0 aliphatic rings. The number of amides is 1. The first-order valence-corrected chi connectivity index (χ1v) is 9.14. The normalized spacial score (nSPS) is 14.0. The van der Waals surface area contributed by atoms with E-state index in [1.165, 1.54) is 0 Å². The number of benzene rings is 1. The number of carbonyl (C=O) groups is 2. The Kier molecular flexibility index (Phi) is 8.41. The molecule has 1 amide bonds. The smallest absolute Gasteiger partial charge is 0.460 e. The number of hydrogen-bond acceptors (Lipinski definition) is 3. The number of unbranched alkanes of at least 4 members (excludes halogenated alkanes) is 1. The van der Waals surface area contributed by atoms with Crippen molar-refractivity contribution in [2.75, 3.05) is 11.9 Å². The van der Waals surface area contributed by atoms with Crippen LogP contribution < -0.4 is 5.32 Å². The number of esters is 1. The van der Waals surface area contributed by atoms with E-state index < -0.39 is 53.4 Å². The third-order valence-electron chi connectivity index (χ3n) is 4.33. The summed E-state index contributed by atoms with van der Waals surface area (Å²) in [5, 5.41) is 0.890. The number of nitrogens with one attached hydrogen (secondary N) is 1. The highest BCUT2D eigenvalue weighted by Crippen LogP contribution is 2.60. The summed E-state index contributed by atoms with van der Waals surface area (Å²) in [6.45, 7) is 1.75. The number of anilines is 1. The highest BCUT2D eigenvalue weighted by atomic mass is 19.4. The van der Waals surface area contributed by atoms with Crippen LogP contribution in [0.3, 0.4) is 0 Å². The molecular weight excluding hydrogens is 525 g/mol. The quantitative estimate of drug-likeness (QED) is 0.215. The van der Waals surface area contributed by atoms with Gasteiger partial charge in [-0.3, -0.25) is 4.79 Å². The standard InChI is InChI=1S/C18H14F13NO3/c1-2-3-8-35-11(33)9-4-6-10(7-5-9)32-12(34)13(19,20)14(21,22)15(23,24)16(25,26)17(27,28)18(29,30)31/h4-7H,2-3,8H2,1H3,(H,32,34). The molecule has 200 valence electrons. The van der Waals surface area contributed by atoms with E-state index in [0.29, 0.717) is 25.0 Å². The zero-order valence-corrected chi connectivity index (χ0v) is 17.1. The average Bonchev–Trinajstić information content (AvgIpc) is 2.72. The van der Waals surface area contributed by atoms with E-state index in [9.17, 15) is 66.7 Å². The molecule has 1 N–H and O–H groups in total. The van der Waals surface area contributed by atoms with Crippen LogP contribution in [-0.4, -0.2) is 54.3 Å². The molecule has 0 heterocycles. The summed E-state index contributed by atoms with van der Waals surface area (Å²) >= 11 is 0. The third kappa shape index (κ3) is 5.27. The first-order chi connectivity index (χ1) is 15.6. The van der Waals surface area contributed by atoms with Crippen molar-refractivity contribution in [3.05, 3.63) is 29.8 Å². The van der Waals surface area contributed by atoms with E-state index in [4.69, 9.17) is 4.74 Å². The van der Waals surface area contributed by atoms with Crippen LogP contribution in [-0.2, 0) is 9.53 Å². The minimum Gasteiger partial charge on any atom is -0.462 e. The van der Waals surface area contributed by atoms with Gasteiger partial charge in [-0.1, -0.05) is 13.3 Å². The first kappa shape index (κ1) is 30.3. The molecule has 1 aromatic rings. The minimum absolute atomic E-state index is 0.0125. The Balaban J connectivity index is 3.19. The summed E-state index contributed by atoms with van der Waals surface area (Å²) in [5.41, 5.74) is -1.15. The molecule has 1 aromatic carbocycles. The zero-order valence-electron chi connectivity index (χ0n) is 17.1. The second-order valence-electron chi connectivity index (χ2n) is 6.89. The lowest BCUT2D eigenvalue weighted by molar-refractivity contribution is -0.435. The Morgan fingerprint density at radius 3 is 1.63 bits per heavy atom. The predicted molar refractivity (Wildman–Crippen MR) is 91.1 cm³/mol. The third-order valence-corrected chi connectivity index (χ3v) is 4.33. The van der Waals surface area contributed by atoms with E-state index in [1.54, 1.807) is 6.92 Å². The van der Waals surface area contributed by atoms with Gasteiger partial charge in [0.25, 0.3) is 0 Å². The van der Waals surface area contributed by atoms with Gasteiger partial charge in [-0.05, 0) is 30.7 Å². The maximum absolute atomic E-state index is 13.8. The molecule has 0 aliphatic heterocycles. The molecule has 35 heavy (non-hydrogen) atoms. The van der Waals surface area contributed by atoms with Crippen LogP contribution in [0.1, 0.15) is 30.1 Å². The van der Waals surface area contributed by atoms with Gasteiger partial charge in [-0.15, -0.1) is 0 Å². The fourth-order valence-corrected chi connectivity index (χ4v) is 2.20. The fraction of sp³-hybridized carbons (Fsp3) is 0.556. The van der Waals surface area contributed by atoms with Gasteiger partial charge in [0.1, 0.15) is 0 Å². The van der Waals surface area contributed by atoms with Gasteiger partial charge in [-0.2, -0.15) is 57.1 Å². The predicted octanol–water partition coefficient (Wildman–Crippen LogP) is 6.32. The Labute approximate surface area is 187 Å². The summed E-state index contributed by atoms with van der Waals surface area (Å²) in [4.78, 5) is 23.1. The molecule has 1 rings (SSSR count). The molecule has 0 unspecified atom stereocenters. The molecule has 4 nitrogen and oxygen atoms in total. The van der Waals surface area contributed by atoms with Crippen LogP contribution >= 0.6 is 0 Å². The van der Waals surface area contributed by atoms with Crippen LogP contribution in [0, 0.1) is 0 Å². The van der Waals surface area contributed by atoms with E-state index in [-0.39, 0.29) is 12.2 Å². The highest BCUT2D eigenvalue weighted by Gasteiger charge is 2.91. The molecular formula is C18H14F13NO3. The number of rotatable bonds is 10. The highest BCUT2D eigenvalue weighted by molar-refractivity contribution is 5.97. The largest absolute Gasteiger partial charge is 0.462 e. The van der Waals surface area contributed by atoms with Crippen molar-refractivity contribution in [2.45, 2.75) is 55.6 Å². The monoisotopic (exact) mass is 539 g/mol. The van der Waals surface area contributed by atoms with Gasteiger partial charge in [0.15, 0.2) is 0 Å². The Morgan fingerprint density at radius 2 is 1.20 bits per heavy atom. The van der Waals surface area contributed by atoms with Gasteiger partial charge < -0.3 is 10.1 Å². The number of hydrogen-bond donors (Lipinski definition) is 1. The number of ether oxygens (including phenoxy) is 1. The van der Waals surface area contributed by atoms with Crippen LogP contribution in [0.15, 0.2) is 24.3 Å². The van der Waals surface area contributed by atoms with Crippen molar-refractivity contribution in [1.29, 1.82) is 0 Å². The van der Waals surface area contributed by atoms with Crippen molar-refractivity contribution in [2.24, 2.45) is 0 Å². The average molecular weight is 539 g/mol. The Morgan fingerprint density at radius 1 is 0.743 bits per heavy atom. The maximum atomic E-state index is 13.8. The van der Waals surface area contributed by atoms with Crippen molar-refractivity contribution in [3.63, 3.8) is 0 Å². The van der Waals surface area contributed by atoms with E-state index >= 15 is 0 Å². The molecule has 17 heteroatoms. The zero-order chi connectivity index (χ0) is 27.7. The van der Waals surface area contributed by atoms with Crippen molar-refractivity contribution >= 4 is 17.6 Å². The summed E-state index contributed by atoms with van der Waals surface area (Å²) in [6.07, 6.45) is -6.43. The first-order valence-electron chi connectivity index (χ1n) is 9.14. The lowest BCUT2D eigenvalue weighted by Crippen LogP contribution is -2.71. The maximum Gasteiger partial charge on any atom is 0.460 e.